The van der Waals surface area contributed by atoms with Crippen molar-refractivity contribution in [1.82, 2.24) is 10.2 Å². The van der Waals surface area contributed by atoms with E-state index in [0.29, 0.717) is 13.1 Å². The van der Waals surface area contributed by atoms with E-state index in [9.17, 15) is 9.90 Å². The molecule has 0 spiro atoms. The van der Waals surface area contributed by atoms with Crippen LogP contribution in [0.3, 0.4) is 0 Å². The highest BCUT2D eigenvalue weighted by molar-refractivity contribution is 5.68. The van der Waals surface area contributed by atoms with Gasteiger partial charge in [0.05, 0.1) is 6.10 Å². The van der Waals surface area contributed by atoms with E-state index in [1.165, 1.54) is 32.1 Å². The molecule has 1 aliphatic carbocycles. The van der Waals surface area contributed by atoms with Crippen LogP contribution in [-0.4, -0.2) is 54.0 Å². The Kier molecular flexibility index (Phi) is 8.18. The summed E-state index contributed by atoms with van der Waals surface area (Å²) < 4.78 is 5.40. The van der Waals surface area contributed by atoms with E-state index in [0.717, 1.165) is 19.0 Å². The molecule has 0 bridgehead atoms. The van der Waals surface area contributed by atoms with Gasteiger partial charge in [0.15, 0.2) is 0 Å². The summed E-state index contributed by atoms with van der Waals surface area (Å²) in [4.78, 5) is 13.7. The van der Waals surface area contributed by atoms with E-state index in [4.69, 9.17) is 4.74 Å². The number of carbonyl (C=O) groups excluding carboxylic acids is 1. The first kappa shape index (κ1) is 19.2. The molecule has 0 radical (unpaired) electrons. The molecular weight excluding hydrogens is 280 g/mol. The van der Waals surface area contributed by atoms with Crippen LogP contribution in [0, 0.1) is 5.92 Å². The molecule has 2 N–H and O–H groups in total. The fourth-order valence-corrected chi connectivity index (χ4v) is 2.81. The molecule has 5 nitrogen and oxygen atoms in total. The summed E-state index contributed by atoms with van der Waals surface area (Å²) in [5, 5.41) is 13.0. The van der Waals surface area contributed by atoms with Gasteiger partial charge in [-0.2, -0.15) is 0 Å². The van der Waals surface area contributed by atoms with Gasteiger partial charge in [-0.1, -0.05) is 19.3 Å². The summed E-state index contributed by atoms with van der Waals surface area (Å²) >= 11 is 0. The van der Waals surface area contributed by atoms with Crippen LogP contribution >= 0.6 is 0 Å². The number of nitrogens with zero attached hydrogens (tertiary/aromatic N) is 1. The van der Waals surface area contributed by atoms with Crippen LogP contribution in [0.5, 0.6) is 0 Å². The summed E-state index contributed by atoms with van der Waals surface area (Å²) in [6.45, 7) is 9.88. The highest BCUT2D eigenvalue weighted by Gasteiger charge is 2.23. The second-order valence-electron chi connectivity index (χ2n) is 7.48. The zero-order valence-electron chi connectivity index (χ0n) is 14.7. The number of amides is 1. The number of hydrogen-bond acceptors (Lipinski definition) is 4. The van der Waals surface area contributed by atoms with E-state index in [-0.39, 0.29) is 6.09 Å². The predicted octanol–water partition coefficient (Wildman–Crippen LogP) is 2.77. The Labute approximate surface area is 135 Å². The maximum absolute atomic E-state index is 12.2. The van der Waals surface area contributed by atoms with Crippen molar-refractivity contribution in [3.05, 3.63) is 0 Å². The molecule has 5 heteroatoms. The third-order valence-corrected chi connectivity index (χ3v) is 3.85. The Hall–Kier alpha value is -0.810. The number of ether oxygens (including phenoxy) is 1. The normalized spacial score (nSPS) is 18.0. The van der Waals surface area contributed by atoms with Gasteiger partial charge in [0.2, 0.25) is 0 Å². The van der Waals surface area contributed by atoms with Crippen LogP contribution in [-0.2, 0) is 4.74 Å². The first-order chi connectivity index (χ1) is 10.3. The molecule has 0 aromatic heterocycles. The van der Waals surface area contributed by atoms with E-state index in [1.807, 2.05) is 20.8 Å². The molecule has 1 rings (SSSR count). The van der Waals surface area contributed by atoms with E-state index >= 15 is 0 Å². The lowest BCUT2D eigenvalue weighted by Crippen LogP contribution is -2.44. The van der Waals surface area contributed by atoms with Crippen LogP contribution in [0.4, 0.5) is 4.79 Å². The molecule has 0 aromatic carbocycles. The average Bonchev–Trinajstić information content (AvgIpc) is 2.41. The fourth-order valence-electron chi connectivity index (χ4n) is 2.81. The summed E-state index contributed by atoms with van der Waals surface area (Å²) in [5.41, 5.74) is -0.510. The highest BCUT2D eigenvalue weighted by atomic mass is 16.6. The second-order valence-corrected chi connectivity index (χ2v) is 7.48. The first-order valence-corrected chi connectivity index (χ1v) is 8.64. The summed E-state index contributed by atoms with van der Waals surface area (Å²) in [5.74, 6) is 0.778. The van der Waals surface area contributed by atoms with Gasteiger partial charge in [-0.3, -0.25) is 0 Å². The minimum atomic E-state index is -0.550. The molecule has 1 fully saturated rings. The Morgan fingerprint density at radius 3 is 2.50 bits per heavy atom. The predicted molar refractivity (Wildman–Crippen MR) is 88.9 cm³/mol. The van der Waals surface area contributed by atoms with Gasteiger partial charge in [0, 0.05) is 19.6 Å². The Morgan fingerprint density at radius 1 is 1.32 bits per heavy atom. The minimum Gasteiger partial charge on any atom is -0.444 e. The van der Waals surface area contributed by atoms with Gasteiger partial charge in [0.1, 0.15) is 5.60 Å². The van der Waals surface area contributed by atoms with Crippen molar-refractivity contribution in [2.45, 2.75) is 71.5 Å². The minimum absolute atomic E-state index is 0.306. The van der Waals surface area contributed by atoms with E-state index < -0.39 is 11.7 Å². The lowest BCUT2D eigenvalue weighted by atomic mass is 9.89. The van der Waals surface area contributed by atoms with Crippen molar-refractivity contribution in [3.63, 3.8) is 0 Å². The summed E-state index contributed by atoms with van der Waals surface area (Å²) in [6.07, 6.45) is 5.79. The number of nitrogens with one attached hydrogen (secondary N) is 1. The largest absolute Gasteiger partial charge is 0.444 e. The zero-order valence-corrected chi connectivity index (χ0v) is 14.7. The van der Waals surface area contributed by atoms with Crippen LogP contribution < -0.4 is 5.32 Å². The molecule has 1 aliphatic rings. The van der Waals surface area contributed by atoms with Crippen molar-refractivity contribution < 1.29 is 14.6 Å². The van der Waals surface area contributed by atoms with Gasteiger partial charge in [0.25, 0.3) is 0 Å². The van der Waals surface area contributed by atoms with Crippen LogP contribution in [0.25, 0.3) is 0 Å². The number of hydrogen-bond donors (Lipinski definition) is 2. The Bertz CT molecular complexity index is 320. The molecule has 0 saturated heterocycles. The van der Waals surface area contributed by atoms with Gasteiger partial charge in [-0.25, -0.2) is 4.79 Å². The summed E-state index contributed by atoms with van der Waals surface area (Å²) in [7, 11) is 0. The van der Waals surface area contributed by atoms with Crippen molar-refractivity contribution in [1.29, 1.82) is 0 Å². The maximum Gasteiger partial charge on any atom is 0.410 e. The number of aliphatic hydroxyl groups excluding tert-OH is 1. The molecule has 0 heterocycles. The molecule has 0 aromatic rings. The molecule has 1 amide bonds. The molecule has 22 heavy (non-hydrogen) atoms. The van der Waals surface area contributed by atoms with Crippen molar-refractivity contribution in [2.24, 2.45) is 5.92 Å². The lowest BCUT2D eigenvalue weighted by molar-refractivity contribution is 0.0164. The molecule has 1 atom stereocenters. The standard InChI is InChI=1S/C17H34N2O3/c1-14(20)13-19(16(21)22-17(2,3)4)11-10-18-12-15-8-6-5-7-9-15/h14-15,18,20H,5-13H2,1-4H3. The van der Waals surface area contributed by atoms with Crippen LogP contribution in [0.15, 0.2) is 0 Å². The smallest absolute Gasteiger partial charge is 0.410 e. The van der Waals surface area contributed by atoms with Crippen molar-refractivity contribution >= 4 is 6.09 Å². The fraction of sp³-hybridized carbons (Fsp3) is 0.941. The van der Waals surface area contributed by atoms with E-state index in [1.54, 1.807) is 11.8 Å². The third kappa shape index (κ3) is 8.59. The molecule has 1 unspecified atom stereocenters. The van der Waals surface area contributed by atoms with Gasteiger partial charge in [-0.05, 0) is 53.0 Å². The van der Waals surface area contributed by atoms with Crippen LogP contribution in [0.1, 0.15) is 59.8 Å². The SMILES string of the molecule is CC(O)CN(CCNCC1CCCCC1)C(=O)OC(C)(C)C. The van der Waals surface area contributed by atoms with Gasteiger partial charge >= 0.3 is 6.09 Å². The monoisotopic (exact) mass is 314 g/mol. The Morgan fingerprint density at radius 2 is 1.95 bits per heavy atom. The van der Waals surface area contributed by atoms with Gasteiger partial charge in [-0.15, -0.1) is 0 Å². The third-order valence-electron chi connectivity index (χ3n) is 3.85. The average molecular weight is 314 g/mol. The molecule has 1 saturated carbocycles. The highest BCUT2D eigenvalue weighted by Crippen LogP contribution is 2.22. The Balaban J connectivity index is 2.32. The number of carbonyl (C=O) groups is 1. The van der Waals surface area contributed by atoms with E-state index in [2.05, 4.69) is 5.32 Å². The lowest BCUT2D eigenvalue weighted by Gasteiger charge is -2.28. The van der Waals surface area contributed by atoms with Crippen LogP contribution in [0.2, 0.25) is 0 Å². The zero-order chi connectivity index (χ0) is 16.6. The number of aliphatic hydroxyl groups is 1. The second kappa shape index (κ2) is 9.36. The van der Waals surface area contributed by atoms with Crippen molar-refractivity contribution in [2.75, 3.05) is 26.2 Å². The molecule has 0 aliphatic heterocycles. The number of rotatable bonds is 7. The first-order valence-electron chi connectivity index (χ1n) is 8.64. The maximum atomic E-state index is 12.2. The van der Waals surface area contributed by atoms with Crippen molar-refractivity contribution in [3.8, 4) is 0 Å². The quantitative estimate of drug-likeness (QED) is 0.709. The molecular formula is C17H34N2O3. The topological polar surface area (TPSA) is 61.8 Å². The molecule has 130 valence electrons. The van der Waals surface area contributed by atoms with Gasteiger partial charge < -0.3 is 20.1 Å². The summed E-state index contributed by atoms with van der Waals surface area (Å²) in [6, 6.07) is 0.